The lowest BCUT2D eigenvalue weighted by molar-refractivity contribution is 0.0603. The highest BCUT2D eigenvalue weighted by Crippen LogP contribution is 2.30. The van der Waals surface area contributed by atoms with Crippen LogP contribution in [0.5, 0.6) is 5.88 Å². The van der Waals surface area contributed by atoms with Gasteiger partial charge < -0.3 is 20.5 Å². The Labute approximate surface area is 215 Å². The van der Waals surface area contributed by atoms with Crippen molar-refractivity contribution in [2.75, 3.05) is 20.8 Å². The van der Waals surface area contributed by atoms with Crippen LogP contribution in [0.2, 0.25) is 0 Å². The van der Waals surface area contributed by atoms with Gasteiger partial charge in [0.05, 0.1) is 25.3 Å². The van der Waals surface area contributed by atoms with Gasteiger partial charge in [0.15, 0.2) is 0 Å². The molecule has 0 radical (unpaired) electrons. The maximum absolute atomic E-state index is 13.7. The minimum Gasteiger partial charge on any atom is -0.481 e. The number of hydrogen-bond donors (Lipinski definition) is 2. The Balaban J connectivity index is 1.34. The fourth-order valence-electron chi connectivity index (χ4n) is 5.06. The van der Waals surface area contributed by atoms with Gasteiger partial charge in [-0.25, -0.2) is 18.6 Å². The highest BCUT2D eigenvalue weighted by atomic mass is 19.1. The Bertz CT molecular complexity index is 1270. The summed E-state index contributed by atoms with van der Waals surface area (Å²) in [7, 11) is 2.92. The number of benzene rings is 2. The zero-order valence-electron chi connectivity index (χ0n) is 21.2. The minimum absolute atomic E-state index is 0.0445. The number of rotatable bonds is 9. The van der Waals surface area contributed by atoms with Crippen LogP contribution in [0, 0.1) is 17.6 Å². The van der Waals surface area contributed by atoms with Crippen molar-refractivity contribution in [3.05, 3.63) is 76.9 Å². The molecule has 4 rings (SSSR count). The number of methoxy groups -OCH3 is 2. The zero-order valence-corrected chi connectivity index (χ0v) is 21.2. The first-order valence-electron chi connectivity index (χ1n) is 12.5. The van der Waals surface area contributed by atoms with Crippen molar-refractivity contribution in [2.45, 2.75) is 44.2 Å². The van der Waals surface area contributed by atoms with Gasteiger partial charge in [-0.3, -0.25) is 0 Å². The van der Waals surface area contributed by atoms with Crippen molar-refractivity contribution in [3.63, 3.8) is 0 Å². The molecule has 1 aromatic heterocycles. The molecule has 1 fully saturated rings. The van der Waals surface area contributed by atoms with Gasteiger partial charge in [-0.15, -0.1) is 0 Å². The molecule has 1 heterocycles. The lowest BCUT2D eigenvalue weighted by atomic mass is 9.79. The monoisotopic (exact) mass is 509 g/mol. The normalized spacial score (nSPS) is 18.7. The highest BCUT2D eigenvalue weighted by Gasteiger charge is 2.26. The van der Waals surface area contributed by atoms with E-state index in [9.17, 15) is 13.6 Å². The molecule has 0 bridgehead atoms. The number of carbonyl (C=O) groups is 1. The van der Waals surface area contributed by atoms with Crippen LogP contribution in [-0.2, 0) is 11.2 Å². The van der Waals surface area contributed by atoms with Crippen LogP contribution >= 0.6 is 0 Å². The Morgan fingerprint density at radius 1 is 1.14 bits per heavy atom. The standard InChI is InChI=1S/C29H33F2N3O3/c1-36-27-14-12-23-24(29(35)37-2)11-7-20(28(23)34-27)17-26(32)18-5-9-22(10-6-18)33-15-3-4-19-16-21(30)8-13-25(19)31/h3-4,7-8,11-14,16,18,22,26,33H,5-6,9-10,15,17,32H2,1-2H3/t18?,22?,26-/m1/s1. The number of halogens is 2. The van der Waals surface area contributed by atoms with E-state index >= 15 is 0 Å². The minimum atomic E-state index is -0.453. The van der Waals surface area contributed by atoms with E-state index in [4.69, 9.17) is 15.2 Å². The van der Waals surface area contributed by atoms with Crippen LogP contribution in [0.15, 0.2) is 48.5 Å². The van der Waals surface area contributed by atoms with Crippen LogP contribution in [-0.4, -0.2) is 43.8 Å². The second kappa shape index (κ2) is 12.3. The smallest absolute Gasteiger partial charge is 0.338 e. The van der Waals surface area contributed by atoms with Crippen molar-refractivity contribution < 1.29 is 23.0 Å². The maximum atomic E-state index is 13.7. The van der Waals surface area contributed by atoms with E-state index in [0.29, 0.717) is 41.9 Å². The molecule has 1 atom stereocenters. The van der Waals surface area contributed by atoms with E-state index in [0.717, 1.165) is 48.8 Å². The largest absolute Gasteiger partial charge is 0.481 e. The van der Waals surface area contributed by atoms with Gasteiger partial charge in [0.25, 0.3) is 0 Å². The van der Waals surface area contributed by atoms with Crippen molar-refractivity contribution in [3.8, 4) is 5.88 Å². The molecule has 0 aliphatic heterocycles. The molecule has 0 spiro atoms. The van der Waals surface area contributed by atoms with Crippen molar-refractivity contribution in [1.29, 1.82) is 0 Å². The van der Waals surface area contributed by atoms with E-state index in [1.807, 2.05) is 18.2 Å². The van der Waals surface area contributed by atoms with Crippen LogP contribution < -0.4 is 15.8 Å². The number of fused-ring (bicyclic) bond motifs is 1. The first kappa shape index (κ1) is 26.7. The van der Waals surface area contributed by atoms with Gasteiger partial charge in [-0.1, -0.05) is 18.2 Å². The first-order chi connectivity index (χ1) is 17.9. The Hall–Kier alpha value is -3.36. The summed E-state index contributed by atoms with van der Waals surface area (Å²) < 4.78 is 37.3. The molecule has 1 aliphatic rings. The third kappa shape index (κ3) is 6.50. The van der Waals surface area contributed by atoms with E-state index in [2.05, 4.69) is 10.3 Å². The summed E-state index contributed by atoms with van der Waals surface area (Å²) in [5, 5.41) is 4.20. The van der Waals surface area contributed by atoms with E-state index in [-0.39, 0.29) is 11.6 Å². The average Bonchev–Trinajstić information content (AvgIpc) is 2.92. The fraction of sp³-hybridized carbons (Fsp3) is 0.379. The number of nitrogens with zero attached hydrogens (tertiary/aromatic N) is 1. The van der Waals surface area contributed by atoms with Gasteiger partial charge in [-0.05, 0) is 73.9 Å². The van der Waals surface area contributed by atoms with Crippen LogP contribution in [0.3, 0.4) is 0 Å². The van der Waals surface area contributed by atoms with Gasteiger partial charge >= 0.3 is 5.97 Å². The van der Waals surface area contributed by atoms with Crippen molar-refractivity contribution in [2.24, 2.45) is 11.7 Å². The summed E-state index contributed by atoms with van der Waals surface area (Å²) in [5.41, 5.74) is 9.06. The number of aromatic nitrogens is 1. The number of nitrogens with two attached hydrogens (primary N) is 1. The van der Waals surface area contributed by atoms with Crippen LogP contribution in [0.1, 0.15) is 47.2 Å². The summed E-state index contributed by atoms with van der Waals surface area (Å²) >= 11 is 0. The molecule has 8 heteroatoms. The number of pyridine rings is 1. The molecular formula is C29H33F2N3O3. The molecule has 0 unspecified atom stereocenters. The summed E-state index contributed by atoms with van der Waals surface area (Å²) in [6.45, 7) is 0.587. The first-order valence-corrected chi connectivity index (χ1v) is 12.5. The van der Waals surface area contributed by atoms with E-state index in [1.165, 1.54) is 13.2 Å². The summed E-state index contributed by atoms with van der Waals surface area (Å²) in [6, 6.07) is 11.0. The number of hydrogen-bond acceptors (Lipinski definition) is 6. The van der Waals surface area contributed by atoms with Crippen molar-refractivity contribution in [1.82, 2.24) is 10.3 Å². The van der Waals surface area contributed by atoms with Crippen LogP contribution in [0.25, 0.3) is 17.0 Å². The molecule has 1 saturated carbocycles. The number of ether oxygens (including phenoxy) is 2. The molecule has 37 heavy (non-hydrogen) atoms. The van der Waals surface area contributed by atoms with Gasteiger partial charge in [0.2, 0.25) is 5.88 Å². The second-order valence-electron chi connectivity index (χ2n) is 9.47. The Morgan fingerprint density at radius 3 is 2.65 bits per heavy atom. The zero-order chi connectivity index (χ0) is 26.4. The molecule has 0 amide bonds. The number of nitrogens with one attached hydrogen (secondary N) is 1. The average molecular weight is 510 g/mol. The molecule has 3 N–H and O–H groups in total. The third-order valence-electron chi connectivity index (χ3n) is 7.14. The Morgan fingerprint density at radius 2 is 1.92 bits per heavy atom. The van der Waals surface area contributed by atoms with Crippen molar-refractivity contribution >= 4 is 22.9 Å². The lowest BCUT2D eigenvalue weighted by Crippen LogP contribution is -2.39. The Kier molecular flexibility index (Phi) is 8.84. The molecule has 196 valence electrons. The summed E-state index contributed by atoms with van der Waals surface area (Å²) in [4.78, 5) is 16.8. The quantitative estimate of drug-likeness (QED) is 0.393. The SMILES string of the molecule is COC(=O)c1ccc(C[C@@H](N)C2CCC(NCC=Cc3cc(F)ccc3F)CC2)c2nc(OC)ccc12. The fourth-order valence-corrected chi connectivity index (χ4v) is 5.06. The molecule has 0 saturated heterocycles. The van der Waals surface area contributed by atoms with Crippen LogP contribution in [0.4, 0.5) is 8.78 Å². The lowest BCUT2D eigenvalue weighted by Gasteiger charge is -2.32. The number of esters is 1. The highest BCUT2D eigenvalue weighted by molar-refractivity contribution is 6.04. The molecular weight excluding hydrogens is 476 g/mol. The topological polar surface area (TPSA) is 86.5 Å². The summed E-state index contributed by atoms with van der Waals surface area (Å²) in [6.07, 6.45) is 8.05. The van der Waals surface area contributed by atoms with Gasteiger partial charge in [0, 0.05) is 35.6 Å². The maximum Gasteiger partial charge on any atom is 0.338 e. The predicted octanol–water partition coefficient (Wildman–Crippen LogP) is 5.04. The summed E-state index contributed by atoms with van der Waals surface area (Å²) in [5.74, 6) is -0.449. The number of carbonyl (C=O) groups excluding carboxylic acids is 1. The molecule has 1 aliphatic carbocycles. The molecule has 2 aromatic carbocycles. The third-order valence-corrected chi connectivity index (χ3v) is 7.14. The van der Waals surface area contributed by atoms with Gasteiger partial charge in [-0.2, -0.15) is 0 Å². The predicted molar refractivity (Wildman–Crippen MR) is 140 cm³/mol. The molecule has 3 aromatic rings. The second-order valence-corrected chi connectivity index (χ2v) is 9.47. The molecule has 6 nitrogen and oxygen atoms in total. The van der Waals surface area contributed by atoms with Gasteiger partial charge in [0.1, 0.15) is 11.6 Å². The van der Waals surface area contributed by atoms with E-state index < -0.39 is 17.6 Å². The van der Waals surface area contributed by atoms with E-state index in [1.54, 1.807) is 25.3 Å².